The van der Waals surface area contributed by atoms with Gasteiger partial charge in [0.05, 0.1) is 11.4 Å². The fourth-order valence-electron chi connectivity index (χ4n) is 2.06. The summed E-state index contributed by atoms with van der Waals surface area (Å²) in [4.78, 5) is 0. The van der Waals surface area contributed by atoms with Crippen LogP contribution in [-0.4, -0.2) is 16.0 Å². The van der Waals surface area contributed by atoms with E-state index in [0.29, 0.717) is 0 Å². The van der Waals surface area contributed by atoms with E-state index in [4.69, 9.17) is 0 Å². The molecule has 0 unspecified atom stereocenters. The molecule has 0 fully saturated rings. The Morgan fingerprint density at radius 3 is 2.81 bits per heavy atom. The molecule has 0 saturated heterocycles. The molecule has 3 nitrogen and oxygen atoms in total. The Labute approximate surface area is 98.9 Å². The van der Waals surface area contributed by atoms with Gasteiger partial charge in [-0.2, -0.15) is 5.10 Å². The van der Waals surface area contributed by atoms with E-state index >= 15 is 0 Å². The van der Waals surface area contributed by atoms with Gasteiger partial charge < -0.3 is 5.32 Å². The SMILES string of the molecule is CSc1c2c(nn1-c1ccccc1)CNC2. The van der Waals surface area contributed by atoms with Gasteiger partial charge in [-0.1, -0.05) is 18.2 Å². The van der Waals surface area contributed by atoms with Crippen molar-refractivity contribution in [3.63, 3.8) is 0 Å². The summed E-state index contributed by atoms with van der Waals surface area (Å²) in [6, 6.07) is 10.3. The average Bonchev–Trinajstić information content (AvgIpc) is 2.89. The van der Waals surface area contributed by atoms with Gasteiger partial charge in [0.1, 0.15) is 5.03 Å². The monoisotopic (exact) mass is 231 g/mol. The van der Waals surface area contributed by atoms with Crippen LogP contribution in [0.25, 0.3) is 5.69 Å². The van der Waals surface area contributed by atoms with Gasteiger partial charge in [-0.05, 0) is 18.4 Å². The van der Waals surface area contributed by atoms with Crippen LogP contribution in [0.3, 0.4) is 0 Å². The van der Waals surface area contributed by atoms with Gasteiger partial charge in [0.25, 0.3) is 0 Å². The van der Waals surface area contributed by atoms with E-state index in [1.54, 1.807) is 11.8 Å². The number of rotatable bonds is 2. The number of hydrogen-bond donors (Lipinski definition) is 1. The molecule has 0 radical (unpaired) electrons. The molecule has 0 amide bonds. The highest BCUT2D eigenvalue weighted by Crippen LogP contribution is 2.29. The van der Waals surface area contributed by atoms with Gasteiger partial charge >= 0.3 is 0 Å². The predicted molar refractivity (Wildman–Crippen MR) is 65.9 cm³/mol. The Morgan fingerprint density at radius 2 is 2.06 bits per heavy atom. The lowest BCUT2D eigenvalue weighted by molar-refractivity contribution is 0.691. The lowest BCUT2D eigenvalue weighted by Crippen LogP contribution is -2.06. The molecule has 0 saturated carbocycles. The standard InChI is InChI=1S/C12H13N3S/c1-16-12-10-7-13-8-11(10)14-15(12)9-5-3-2-4-6-9/h2-6,13H,7-8H2,1H3. The lowest BCUT2D eigenvalue weighted by atomic mass is 10.3. The molecule has 1 aliphatic rings. The Bertz CT molecular complexity index is 504. The first-order valence-electron chi connectivity index (χ1n) is 5.31. The first-order chi connectivity index (χ1) is 7.90. The number of para-hydroxylation sites is 1. The van der Waals surface area contributed by atoms with Crippen LogP contribution in [-0.2, 0) is 13.1 Å². The smallest absolute Gasteiger partial charge is 0.104 e. The Morgan fingerprint density at radius 1 is 1.25 bits per heavy atom. The predicted octanol–water partition coefficient (Wildman–Crippen LogP) is 2.20. The Kier molecular flexibility index (Phi) is 2.46. The van der Waals surface area contributed by atoms with Crippen molar-refractivity contribution in [2.45, 2.75) is 18.1 Å². The van der Waals surface area contributed by atoms with E-state index in [1.165, 1.54) is 16.3 Å². The van der Waals surface area contributed by atoms with E-state index in [0.717, 1.165) is 18.8 Å². The molecule has 3 rings (SSSR count). The van der Waals surface area contributed by atoms with Crippen molar-refractivity contribution in [1.82, 2.24) is 15.1 Å². The highest BCUT2D eigenvalue weighted by molar-refractivity contribution is 7.98. The lowest BCUT2D eigenvalue weighted by Gasteiger charge is -2.06. The zero-order valence-corrected chi connectivity index (χ0v) is 9.92. The van der Waals surface area contributed by atoms with Crippen molar-refractivity contribution in [1.29, 1.82) is 0 Å². The van der Waals surface area contributed by atoms with Crippen molar-refractivity contribution >= 4 is 11.8 Å². The van der Waals surface area contributed by atoms with Crippen molar-refractivity contribution in [3.05, 3.63) is 41.6 Å². The zero-order valence-electron chi connectivity index (χ0n) is 9.10. The summed E-state index contributed by atoms with van der Waals surface area (Å²) >= 11 is 1.76. The quantitative estimate of drug-likeness (QED) is 0.804. The minimum Gasteiger partial charge on any atom is -0.307 e. The molecule has 4 heteroatoms. The van der Waals surface area contributed by atoms with E-state index < -0.39 is 0 Å². The average molecular weight is 231 g/mol. The van der Waals surface area contributed by atoms with E-state index in [1.807, 2.05) is 18.2 Å². The highest BCUT2D eigenvalue weighted by atomic mass is 32.2. The van der Waals surface area contributed by atoms with Crippen LogP contribution in [0.5, 0.6) is 0 Å². The summed E-state index contributed by atoms with van der Waals surface area (Å²) in [5, 5.41) is 9.25. The molecule has 1 aromatic heterocycles. The molecule has 0 atom stereocenters. The maximum atomic E-state index is 4.67. The largest absolute Gasteiger partial charge is 0.307 e. The van der Waals surface area contributed by atoms with Crippen LogP contribution in [0.2, 0.25) is 0 Å². The third kappa shape index (κ3) is 1.45. The van der Waals surface area contributed by atoms with E-state index in [9.17, 15) is 0 Å². The molecule has 0 spiro atoms. The number of thioether (sulfide) groups is 1. The zero-order chi connectivity index (χ0) is 11.0. The van der Waals surface area contributed by atoms with Crippen molar-refractivity contribution in [2.75, 3.05) is 6.26 Å². The number of hydrogen-bond acceptors (Lipinski definition) is 3. The van der Waals surface area contributed by atoms with Gasteiger partial charge in [-0.25, -0.2) is 4.68 Å². The second kappa shape index (κ2) is 3.96. The number of aromatic nitrogens is 2. The van der Waals surface area contributed by atoms with Crippen LogP contribution in [0.4, 0.5) is 0 Å². The van der Waals surface area contributed by atoms with Crippen LogP contribution < -0.4 is 5.32 Å². The first-order valence-corrected chi connectivity index (χ1v) is 6.53. The first kappa shape index (κ1) is 9.93. The fourth-order valence-corrected chi connectivity index (χ4v) is 2.81. The Hall–Kier alpha value is -1.26. The molecule has 82 valence electrons. The summed E-state index contributed by atoms with van der Waals surface area (Å²) in [6.45, 7) is 1.83. The van der Waals surface area contributed by atoms with Crippen molar-refractivity contribution in [2.24, 2.45) is 0 Å². The number of benzene rings is 1. The topological polar surface area (TPSA) is 29.9 Å². The number of nitrogens with zero attached hydrogens (tertiary/aromatic N) is 2. The molecule has 1 N–H and O–H groups in total. The van der Waals surface area contributed by atoms with Crippen molar-refractivity contribution in [3.8, 4) is 5.69 Å². The molecular weight excluding hydrogens is 218 g/mol. The summed E-state index contributed by atoms with van der Waals surface area (Å²) in [5.74, 6) is 0. The van der Waals surface area contributed by atoms with Gasteiger partial charge in [-0.3, -0.25) is 0 Å². The Balaban J connectivity index is 2.15. The summed E-state index contributed by atoms with van der Waals surface area (Å²) in [7, 11) is 0. The molecule has 1 aliphatic heterocycles. The molecule has 16 heavy (non-hydrogen) atoms. The summed E-state index contributed by atoms with van der Waals surface area (Å²) in [6.07, 6.45) is 2.11. The second-order valence-electron chi connectivity index (χ2n) is 3.79. The third-order valence-electron chi connectivity index (χ3n) is 2.81. The summed E-state index contributed by atoms with van der Waals surface area (Å²) in [5.41, 5.74) is 3.69. The molecule has 1 aromatic carbocycles. The van der Waals surface area contributed by atoms with Crippen LogP contribution in [0, 0.1) is 0 Å². The van der Waals surface area contributed by atoms with Gasteiger partial charge in [-0.15, -0.1) is 11.8 Å². The minimum atomic E-state index is 0.892. The highest BCUT2D eigenvalue weighted by Gasteiger charge is 2.21. The van der Waals surface area contributed by atoms with Crippen molar-refractivity contribution < 1.29 is 0 Å². The van der Waals surface area contributed by atoms with Crippen LogP contribution in [0.1, 0.15) is 11.3 Å². The molecular formula is C12H13N3S. The molecule has 2 heterocycles. The maximum absolute atomic E-state index is 4.67. The number of fused-ring (bicyclic) bond motifs is 1. The van der Waals surface area contributed by atoms with Gasteiger partial charge in [0.2, 0.25) is 0 Å². The molecule has 0 bridgehead atoms. The van der Waals surface area contributed by atoms with Gasteiger partial charge in [0.15, 0.2) is 0 Å². The van der Waals surface area contributed by atoms with Gasteiger partial charge in [0, 0.05) is 18.7 Å². The van der Waals surface area contributed by atoms with Crippen LogP contribution in [0.15, 0.2) is 35.4 Å². The molecule has 0 aliphatic carbocycles. The second-order valence-corrected chi connectivity index (χ2v) is 4.58. The third-order valence-corrected chi connectivity index (χ3v) is 3.61. The van der Waals surface area contributed by atoms with E-state index in [-0.39, 0.29) is 0 Å². The van der Waals surface area contributed by atoms with E-state index in [2.05, 4.69) is 33.5 Å². The maximum Gasteiger partial charge on any atom is 0.104 e. The number of nitrogens with one attached hydrogen (secondary N) is 1. The van der Waals surface area contributed by atoms with Crippen LogP contribution >= 0.6 is 11.8 Å². The summed E-state index contributed by atoms with van der Waals surface area (Å²) < 4.78 is 2.05. The fraction of sp³-hybridized carbons (Fsp3) is 0.250. The minimum absolute atomic E-state index is 0.892. The molecule has 2 aromatic rings. The normalized spacial score (nSPS) is 14.1.